The lowest BCUT2D eigenvalue weighted by Crippen LogP contribution is -2.35. The van der Waals surface area contributed by atoms with Crippen LogP contribution in [-0.2, 0) is 11.2 Å². The summed E-state index contributed by atoms with van der Waals surface area (Å²) in [6.45, 7) is 4.45. The zero-order valence-electron chi connectivity index (χ0n) is 15.7. The van der Waals surface area contributed by atoms with Crippen LogP contribution < -0.4 is 15.1 Å². The minimum absolute atomic E-state index is 0.160. The van der Waals surface area contributed by atoms with Crippen molar-refractivity contribution in [2.45, 2.75) is 38.7 Å². The van der Waals surface area contributed by atoms with Gasteiger partial charge in [-0.15, -0.1) is 0 Å². The smallest absolute Gasteiger partial charge is 0.227 e. The zero-order valence-corrected chi connectivity index (χ0v) is 15.7. The highest BCUT2D eigenvalue weighted by Gasteiger charge is 2.23. The van der Waals surface area contributed by atoms with E-state index in [2.05, 4.69) is 27.3 Å². The maximum atomic E-state index is 12.1. The van der Waals surface area contributed by atoms with Crippen LogP contribution in [0.3, 0.4) is 0 Å². The predicted molar refractivity (Wildman–Crippen MR) is 108 cm³/mol. The number of benzene rings is 1. The molecule has 6 nitrogen and oxygen atoms in total. The Bertz CT molecular complexity index is 813. The fourth-order valence-corrected chi connectivity index (χ4v) is 3.87. The number of rotatable bonds is 4. The van der Waals surface area contributed by atoms with Gasteiger partial charge in [-0.1, -0.05) is 0 Å². The summed E-state index contributed by atoms with van der Waals surface area (Å²) in [6.07, 6.45) is 4.69. The number of hydrogen-bond acceptors (Lipinski definition) is 5. The zero-order chi connectivity index (χ0) is 18.8. The number of aromatic nitrogens is 1. The molecule has 4 rings (SSSR count). The molecule has 2 aliphatic rings. The van der Waals surface area contributed by atoms with E-state index in [4.69, 9.17) is 0 Å². The minimum atomic E-state index is -0.160. The van der Waals surface area contributed by atoms with Gasteiger partial charge in [-0.25, -0.2) is 4.98 Å². The highest BCUT2D eigenvalue weighted by Crippen LogP contribution is 2.30. The lowest BCUT2D eigenvalue weighted by atomic mass is 10.0. The molecule has 0 unspecified atom stereocenters. The number of carbonyl (C=O) groups excluding carboxylic acids is 1. The molecule has 0 bridgehead atoms. The molecule has 142 valence electrons. The van der Waals surface area contributed by atoms with Gasteiger partial charge in [-0.2, -0.15) is 0 Å². The van der Waals surface area contributed by atoms with Crippen LogP contribution in [-0.4, -0.2) is 41.7 Å². The van der Waals surface area contributed by atoms with E-state index in [1.807, 2.05) is 36.2 Å². The number of aryl methyl sites for hydroxylation is 1. The van der Waals surface area contributed by atoms with Crippen molar-refractivity contribution >= 4 is 28.8 Å². The monoisotopic (exact) mass is 366 g/mol. The Kier molecular flexibility index (Phi) is 4.99. The second-order valence-electron chi connectivity index (χ2n) is 7.23. The Morgan fingerprint density at radius 3 is 2.63 bits per heavy atom. The first kappa shape index (κ1) is 17.8. The van der Waals surface area contributed by atoms with Gasteiger partial charge in [-0.3, -0.25) is 4.79 Å². The fraction of sp³-hybridized carbons (Fsp3) is 0.429. The normalized spacial score (nSPS) is 17.8. The third-order valence-electron chi connectivity index (χ3n) is 5.45. The van der Waals surface area contributed by atoms with E-state index >= 15 is 0 Å². The van der Waals surface area contributed by atoms with Crippen molar-refractivity contribution in [3.63, 3.8) is 0 Å². The van der Waals surface area contributed by atoms with Gasteiger partial charge in [0.1, 0.15) is 5.82 Å². The number of pyridine rings is 1. The van der Waals surface area contributed by atoms with Gasteiger partial charge < -0.3 is 20.2 Å². The number of nitrogens with one attached hydrogen (secondary N) is 1. The lowest BCUT2D eigenvalue weighted by Gasteiger charge is -2.31. The van der Waals surface area contributed by atoms with Crippen LogP contribution in [0.15, 0.2) is 36.5 Å². The van der Waals surface area contributed by atoms with Crippen LogP contribution >= 0.6 is 0 Å². The van der Waals surface area contributed by atoms with Crippen LogP contribution in [0.1, 0.15) is 31.7 Å². The number of carbonyl (C=O) groups is 1. The molecule has 1 aromatic carbocycles. The van der Waals surface area contributed by atoms with E-state index in [9.17, 15) is 9.90 Å². The summed E-state index contributed by atoms with van der Waals surface area (Å²) < 4.78 is 0. The van der Waals surface area contributed by atoms with Gasteiger partial charge in [0.15, 0.2) is 0 Å². The molecule has 6 heteroatoms. The summed E-state index contributed by atoms with van der Waals surface area (Å²) in [6, 6.07) is 10.3. The third kappa shape index (κ3) is 3.76. The van der Waals surface area contributed by atoms with Gasteiger partial charge in [0.25, 0.3) is 0 Å². The van der Waals surface area contributed by atoms with E-state index in [-0.39, 0.29) is 12.0 Å². The molecule has 2 aromatic rings. The largest absolute Gasteiger partial charge is 0.393 e. The second-order valence-corrected chi connectivity index (χ2v) is 7.23. The number of hydrogen-bond donors (Lipinski definition) is 2. The summed E-state index contributed by atoms with van der Waals surface area (Å²) in [7, 11) is 0. The molecular weight excluding hydrogens is 340 g/mol. The Labute approximate surface area is 159 Å². The Morgan fingerprint density at radius 2 is 1.93 bits per heavy atom. The maximum Gasteiger partial charge on any atom is 0.227 e. The number of fused-ring (bicyclic) bond motifs is 1. The summed E-state index contributed by atoms with van der Waals surface area (Å²) in [5.74, 6) is 0.925. The molecule has 0 radical (unpaired) electrons. The summed E-state index contributed by atoms with van der Waals surface area (Å²) in [4.78, 5) is 20.8. The number of amides is 1. The van der Waals surface area contributed by atoms with E-state index in [1.165, 1.54) is 5.69 Å². The van der Waals surface area contributed by atoms with Crippen LogP contribution in [0.2, 0.25) is 0 Å². The van der Waals surface area contributed by atoms with E-state index < -0.39 is 0 Å². The molecular formula is C21H26N4O2. The summed E-state index contributed by atoms with van der Waals surface area (Å²) in [5.41, 5.74) is 4.24. The number of nitrogens with zero attached hydrogens (tertiary/aromatic N) is 3. The van der Waals surface area contributed by atoms with E-state index in [0.29, 0.717) is 13.0 Å². The first-order valence-electron chi connectivity index (χ1n) is 9.73. The van der Waals surface area contributed by atoms with E-state index in [1.54, 1.807) is 0 Å². The predicted octanol–water partition coefficient (Wildman–Crippen LogP) is 3.09. The summed E-state index contributed by atoms with van der Waals surface area (Å²) in [5, 5.41) is 13.0. The molecule has 0 aliphatic carbocycles. The van der Waals surface area contributed by atoms with Gasteiger partial charge >= 0.3 is 0 Å². The standard InChI is InChI=1S/C21H26N4O2/c1-2-25-19-13-20(22-14-15(19)3-8-21(25)27)23-16-4-6-17(7-5-16)24-11-9-18(26)10-12-24/h4-7,13-14,18,26H,2-3,8-12H2,1H3,(H,22,23). The van der Waals surface area contributed by atoms with E-state index in [0.717, 1.165) is 55.1 Å². The van der Waals surface area contributed by atoms with Crippen molar-refractivity contribution in [3.05, 3.63) is 42.1 Å². The molecule has 27 heavy (non-hydrogen) atoms. The highest BCUT2D eigenvalue weighted by atomic mass is 16.3. The van der Waals surface area contributed by atoms with Gasteiger partial charge in [0.05, 0.1) is 11.8 Å². The van der Waals surface area contributed by atoms with Crippen molar-refractivity contribution in [2.24, 2.45) is 0 Å². The lowest BCUT2D eigenvalue weighted by molar-refractivity contribution is -0.118. The van der Waals surface area contributed by atoms with Gasteiger partial charge in [-0.05, 0) is 56.0 Å². The topological polar surface area (TPSA) is 68.7 Å². The van der Waals surface area contributed by atoms with Crippen molar-refractivity contribution in [2.75, 3.05) is 34.8 Å². The highest BCUT2D eigenvalue weighted by molar-refractivity contribution is 5.96. The van der Waals surface area contributed by atoms with Crippen molar-refractivity contribution in [1.82, 2.24) is 4.98 Å². The Balaban J connectivity index is 1.48. The Morgan fingerprint density at radius 1 is 1.19 bits per heavy atom. The number of aliphatic hydroxyl groups is 1. The molecule has 1 aromatic heterocycles. The van der Waals surface area contributed by atoms with Crippen LogP contribution in [0.25, 0.3) is 0 Å². The molecule has 2 N–H and O–H groups in total. The number of piperidine rings is 1. The molecule has 3 heterocycles. The molecule has 1 amide bonds. The first-order chi connectivity index (χ1) is 13.1. The molecule has 0 atom stereocenters. The maximum absolute atomic E-state index is 12.1. The van der Waals surface area contributed by atoms with Gasteiger partial charge in [0, 0.05) is 49.7 Å². The van der Waals surface area contributed by atoms with Crippen LogP contribution in [0.4, 0.5) is 22.9 Å². The second kappa shape index (κ2) is 7.56. The Hall–Kier alpha value is -2.60. The SMILES string of the molecule is CCN1C(=O)CCc2cnc(Nc3ccc(N4CCC(O)CC4)cc3)cc21. The molecule has 0 saturated carbocycles. The van der Waals surface area contributed by atoms with Crippen molar-refractivity contribution in [3.8, 4) is 0 Å². The average molecular weight is 366 g/mol. The van der Waals surface area contributed by atoms with Crippen LogP contribution in [0.5, 0.6) is 0 Å². The molecule has 1 fully saturated rings. The minimum Gasteiger partial charge on any atom is -0.393 e. The average Bonchev–Trinajstić information content (AvgIpc) is 2.69. The quantitative estimate of drug-likeness (QED) is 0.870. The van der Waals surface area contributed by atoms with Crippen LogP contribution in [0, 0.1) is 0 Å². The molecule has 0 spiro atoms. The third-order valence-corrected chi connectivity index (χ3v) is 5.45. The first-order valence-corrected chi connectivity index (χ1v) is 9.73. The molecule has 1 saturated heterocycles. The number of aliphatic hydroxyl groups excluding tert-OH is 1. The summed E-state index contributed by atoms with van der Waals surface area (Å²) >= 11 is 0. The number of anilines is 4. The van der Waals surface area contributed by atoms with Crippen molar-refractivity contribution in [1.29, 1.82) is 0 Å². The fourth-order valence-electron chi connectivity index (χ4n) is 3.87. The van der Waals surface area contributed by atoms with Gasteiger partial charge in [0.2, 0.25) is 5.91 Å². The van der Waals surface area contributed by atoms with Crippen molar-refractivity contribution < 1.29 is 9.90 Å². The molecule has 2 aliphatic heterocycles.